The van der Waals surface area contributed by atoms with E-state index < -0.39 is 0 Å². The lowest BCUT2D eigenvalue weighted by Crippen LogP contribution is -2.11. The SMILES string of the molecule is Cc1ccc(N(c2ccccc2)c2ccc3cc4c(cc3c2)oc2cc3cc(N(c5ccccc5)c5ccc(C)cc5C)ccc3cc24)c(C)c1. The van der Waals surface area contributed by atoms with Crippen LogP contribution < -0.4 is 9.80 Å². The third-order valence-electron chi connectivity index (χ3n) is 10.1. The molecule has 0 bridgehead atoms. The zero-order valence-electron chi connectivity index (χ0n) is 29.3. The number of furan rings is 1. The van der Waals surface area contributed by atoms with Crippen LogP contribution in [0.4, 0.5) is 34.1 Å². The van der Waals surface area contributed by atoms with Gasteiger partial charge in [0.25, 0.3) is 0 Å². The minimum absolute atomic E-state index is 0.893. The molecule has 3 nitrogen and oxygen atoms in total. The van der Waals surface area contributed by atoms with Gasteiger partial charge in [-0.3, -0.25) is 0 Å². The maximum absolute atomic E-state index is 6.65. The Kier molecular flexibility index (Phi) is 7.36. The fraction of sp³-hybridized carbons (Fsp3) is 0.0833. The van der Waals surface area contributed by atoms with Crippen LogP contribution in [-0.2, 0) is 0 Å². The average Bonchev–Trinajstić information content (AvgIpc) is 3.48. The van der Waals surface area contributed by atoms with Gasteiger partial charge in [0.1, 0.15) is 11.2 Å². The van der Waals surface area contributed by atoms with Crippen molar-refractivity contribution in [1.82, 2.24) is 0 Å². The second-order valence-corrected chi connectivity index (χ2v) is 13.8. The lowest BCUT2D eigenvalue weighted by Gasteiger charge is -2.27. The summed E-state index contributed by atoms with van der Waals surface area (Å²) in [6.07, 6.45) is 0. The molecule has 8 aromatic carbocycles. The maximum atomic E-state index is 6.65. The molecule has 0 aliphatic rings. The molecule has 0 amide bonds. The van der Waals surface area contributed by atoms with Crippen LogP contribution in [0.5, 0.6) is 0 Å². The molecule has 0 saturated carbocycles. The van der Waals surface area contributed by atoms with Crippen molar-refractivity contribution in [3.63, 3.8) is 0 Å². The monoisotopic (exact) mass is 658 g/mol. The quantitative estimate of drug-likeness (QED) is 0.177. The van der Waals surface area contributed by atoms with Gasteiger partial charge in [-0.1, -0.05) is 83.9 Å². The summed E-state index contributed by atoms with van der Waals surface area (Å²) in [5.74, 6) is 0. The van der Waals surface area contributed by atoms with Gasteiger partial charge in [-0.2, -0.15) is 0 Å². The van der Waals surface area contributed by atoms with Gasteiger partial charge in [0, 0.05) is 44.9 Å². The van der Waals surface area contributed by atoms with E-state index in [2.05, 4.69) is 195 Å². The molecule has 51 heavy (non-hydrogen) atoms. The van der Waals surface area contributed by atoms with Crippen molar-refractivity contribution in [3.8, 4) is 0 Å². The van der Waals surface area contributed by atoms with Gasteiger partial charge in [0.05, 0.1) is 0 Å². The number of benzene rings is 8. The zero-order valence-corrected chi connectivity index (χ0v) is 29.3. The van der Waals surface area contributed by atoms with Crippen LogP contribution in [0.3, 0.4) is 0 Å². The largest absolute Gasteiger partial charge is 0.456 e. The first-order valence-corrected chi connectivity index (χ1v) is 17.6. The molecular formula is C48H38N2O. The lowest BCUT2D eigenvalue weighted by atomic mass is 10.0. The highest BCUT2D eigenvalue weighted by Crippen LogP contribution is 2.42. The topological polar surface area (TPSA) is 19.6 Å². The lowest BCUT2D eigenvalue weighted by molar-refractivity contribution is 0.670. The van der Waals surface area contributed by atoms with Crippen molar-refractivity contribution in [2.24, 2.45) is 0 Å². The van der Waals surface area contributed by atoms with Crippen LogP contribution in [-0.4, -0.2) is 0 Å². The summed E-state index contributed by atoms with van der Waals surface area (Å²) in [6, 6.07) is 57.0. The molecule has 9 aromatic rings. The normalized spacial score (nSPS) is 11.5. The van der Waals surface area contributed by atoms with E-state index in [4.69, 9.17) is 4.42 Å². The Morgan fingerprint density at radius 1 is 0.353 bits per heavy atom. The van der Waals surface area contributed by atoms with Crippen LogP contribution in [0.1, 0.15) is 22.3 Å². The summed E-state index contributed by atoms with van der Waals surface area (Å²) in [5, 5.41) is 6.92. The highest BCUT2D eigenvalue weighted by molar-refractivity contribution is 6.14. The number of fused-ring (bicyclic) bond motifs is 5. The molecule has 246 valence electrons. The van der Waals surface area contributed by atoms with E-state index in [0.29, 0.717) is 0 Å². The molecule has 0 N–H and O–H groups in total. The first kappa shape index (κ1) is 30.7. The average molecular weight is 659 g/mol. The third-order valence-corrected chi connectivity index (χ3v) is 10.1. The highest BCUT2D eigenvalue weighted by atomic mass is 16.3. The molecule has 0 fully saturated rings. The van der Waals surface area contributed by atoms with Gasteiger partial charge in [-0.25, -0.2) is 0 Å². The zero-order chi connectivity index (χ0) is 34.6. The van der Waals surface area contributed by atoms with Crippen LogP contribution in [0.25, 0.3) is 43.5 Å². The number of aryl methyl sites for hydroxylation is 4. The van der Waals surface area contributed by atoms with Gasteiger partial charge in [-0.05, 0) is 145 Å². The van der Waals surface area contributed by atoms with E-state index in [1.807, 2.05) is 0 Å². The molecule has 0 radical (unpaired) electrons. The molecule has 1 aromatic heterocycles. The van der Waals surface area contributed by atoms with Crippen molar-refractivity contribution in [2.45, 2.75) is 27.7 Å². The number of anilines is 6. The molecule has 9 rings (SSSR count). The maximum Gasteiger partial charge on any atom is 0.136 e. The van der Waals surface area contributed by atoms with Gasteiger partial charge < -0.3 is 14.2 Å². The molecule has 0 saturated heterocycles. The van der Waals surface area contributed by atoms with E-state index >= 15 is 0 Å². The van der Waals surface area contributed by atoms with Crippen molar-refractivity contribution in [3.05, 3.63) is 180 Å². The summed E-state index contributed by atoms with van der Waals surface area (Å²) in [4.78, 5) is 4.69. The second kappa shape index (κ2) is 12.2. The van der Waals surface area contributed by atoms with E-state index in [1.54, 1.807) is 0 Å². The molecular weight excluding hydrogens is 621 g/mol. The molecule has 0 spiro atoms. The van der Waals surface area contributed by atoms with E-state index in [9.17, 15) is 0 Å². The Morgan fingerprint density at radius 3 is 1.20 bits per heavy atom. The molecule has 0 atom stereocenters. The Morgan fingerprint density at radius 2 is 0.784 bits per heavy atom. The van der Waals surface area contributed by atoms with Crippen LogP contribution in [0.2, 0.25) is 0 Å². The molecule has 0 unspecified atom stereocenters. The minimum Gasteiger partial charge on any atom is -0.456 e. The predicted molar refractivity (Wildman–Crippen MR) is 217 cm³/mol. The number of para-hydroxylation sites is 2. The summed E-state index contributed by atoms with van der Waals surface area (Å²) in [7, 11) is 0. The smallest absolute Gasteiger partial charge is 0.136 e. The van der Waals surface area contributed by atoms with Crippen LogP contribution in [0.15, 0.2) is 162 Å². The van der Waals surface area contributed by atoms with Gasteiger partial charge in [-0.15, -0.1) is 0 Å². The van der Waals surface area contributed by atoms with Gasteiger partial charge in [0.15, 0.2) is 0 Å². The standard InChI is InChI=1S/C48H38N2O/c1-31-15-21-45(33(3)23-31)49(39-11-7-5-8-12-39)41-19-17-35-27-43-44-28-36-18-20-42(26-38(36)30-48(44)51-47(43)29-37(35)25-41)50(40-13-9-6-10-14-40)46-22-16-32(2)24-34(46)4/h5-30H,1-4H3. The summed E-state index contributed by atoms with van der Waals surface area (Å²) in [5.41, 5.74) is 13.6. The molecule has 0 aliphatic heterocycles. The Hall–Kier alpha value is -6.32. The number of hydrogen-bond acceptors (Lipinski definition) is 3. The molecule has 1 heterocycles. The highest BCUT2D eigenvalue weighted by Gasteiger charge is 2.18. The van der Waals surface area contributed by atoms with E-state index in [0.717, 1.165) is 55.5 Å². The van der Waals surface area contributed by atoms with Gasteiger partial charge >= 0.3 is 0 Å². The fourth-order valence-corrected chi connectivity index (χ4v) is 7.64. The first-order chi connectivity index (χ1) is 24.9. The minimum atomic E-state index is 0.893. The summed E-state index contributed by atoms with van der Waals surface area (Å²) in [6.45, 7) is 8.66. The van der Waals surface area contributed by atoms with E-state index in [-0.39, 0.29) is 0 Å². The van der Waals surface area contributed by atoms with Crippen molar-refractivity contribution >= 4 is 77.6 Å². The van der Waals surface area contributed by atoms with Crippen LogP contribution in [0, 0.1) is 27.7 Å². The summed E-state index contributed by atoms with van der Waals surface area (Å²) >= 11 is 0. The fourth-order valence-electron chi connectivity index (χ4n) is 7.64. The van der Waals surface area contributed by atoms with Crippen LogP contribution >= 0.6 is 0 Å². The Balaban J connectivity index is 1.16. The number of rotatable bonds is 6. The van der Waals surface area contributed by atoms with E-state index in [1.165, 1.54) is 44.4 Å². The molecule has 0 aliphatic carbocycles. The molecule has 3 heteroatoms. The first-order valence-electron chi connectivity index (χ1n) is 17.6. The van der Waals surface area contributed by atoms with Crippen molar-refractivity contribution in [2.75, 3.05) is 9.80 Å². The number of nitrogens with zero attached hydrogens (tertiary/aromatic N) is 2. The summed E-state index contributed by atoms with van der Waals surface area (Å²) < 4.78 is 6.65. The second-order valence-electron chi connectivity index (χ2n) is 13.8. The third kappa shape index (κ3) is 5.48. The van der Waals surface area contributed by atoms with Gasteiger partial charge in [0.2, 0.25) is 0 Å². The Bertz CT molecular complexity index is 2560. The van der Waals surface area contributed by atoms with Crippen molar-refractivity contribution in [1.29, 1.82) is 0 Å². The predicted octanol–water partition coefficient (Wildman–Crippen LogP) is 14.1. The Labute approximate surface area is 298 Å². The van der Waals surface area contributed by atoms with Crippen molar-refractivity contribution < 1.29 is 4.42 Å². The number of hydrogen-bond donors (Lipinski definition) is 0.